The Morgan fingerprint density at radius 2 is 1.82 bits per heavy atom. The molecule has 140 valence electrons. The van der Waals surface area contributed by atoms with Gasteiger partial charge < -0.3 is 9.47 Å². The fourth-order valence-electron chi connectivity index (χ4n) is 3.90. The Morgan fingerprint density at radius 3 is 2.61 bits per heavy atom. The van der Waals surface area contributed by atoms with E-state index in [1.807, 2.05) is 36.4 Å². The number of rotatable bonds is 3. The van der Waals surface area contributed by atoms with Gasteiger partial charge in [0.1, 0.15) is 11.5 Å². The molecule has 4 nitrogen and oxygen atoms in total. The summed E-state index contributed by atoms with van der Waals surface area (Å²) in [5, 5.41) is 7.08. The van der Waals surface area contributed by atoms with Crippen molar-refractivity contribution in [2.75, 3.05) is 7.11 Å². The van der Waals surface area contributed by atoms with Crippen molar-refractivity contribution in [1.29, 1.82) is 0 Å². The largest absolute Gasteiger partial charge is 0.496 e. The van der Waals surface area contributed by atoms with E-state index in [9.17, 15) is 0 Å². The molecule has 0 bridgehead atoms. The number of hydrogen-bond acceptors (Lipinski definition) is 4. The Morgan fingerprint density at radius 1 is 1.04 bits per heavy atom. The first-order chi connectivity index (χ1) is 13.7. The monoisotopic (exact) mass is 434 g/mol. The average molecular weight is 435 g/mol. The molecule has 0 aromatic heterocycles. The van der Waals surface area contributed by atoms with Gasteiger partial charge in [-0.3, -0.25) is 0 Å². The van der Waals surface area contributed by atoms with Crippen LogP contribution in [0.4, 0.5) is 0 Å². The van der Waals surface area contributed by atoms with Gasteiger partial charge in [-0.1, -0.05) is 48.5 Å². The lowest BCUT2D eigenvalue weighted by molar-refractivity contribution is -0.0190. The van der Waals surface area contributed by atoms with E-state index in [1.54, 1.807) is 7.11 Å². The van der Waals surface area contributed by atoms with Crippen LogP contribution in [0.3, 0.4) is 0 Å². The van der Waals surface area contributed by atoms with Gasteiger partial charge >= 0.3 is 0 Å². The van der Waals surface area contributed by atoms with E-state index in [0.29, 0.717) is 0 Å². The molecule has 0 aliphatic carbocycles. The molecule has 0 radical (unpaired) electrons. The van der Waals surface area contributed by atoms with Crippen LogP contribution in [0, 0.1) is 0 Å². The summed E-state index contributed by atoms with van der Waals surface area (Å²) >= 11 is 3.59. The molecule has 0 saturated heterocycles. The number of ether oxygens (including phenoxy) is 2. The van der Waals surface area contributed by atoms with Crippen molar-refractivity contribution in [2.24, 2.45) is 5.10 Å². The molecule has 0 saturated carbocycles. The molecule has 0 N–H and O–H groups in total. The number of halogens is 1. The lowest BCUT2D eigenvalue weighted by Crippen LogP contribution is -2.33. The summed E-state index contributed by atoms with van der Waals surface area (Å²) in [6, 6.07) is 24.8. The fourth-order valence-corrected chi connectivity index (χ4v) is 4.45. The second kappa shape index (κ2) is 6.99. The molecule has 0 spiro atoms. The van der Waals surface area contributed by atoms with Crippen LogP contribution in [-0.2, 0) is 0 Å². The first kappa shape index (κ1) is 17.3. The van der Waals surface area contributed by atoms with Gasteiger partial charge in [0, 0.05) is 17.5 Å². The van der Waals surface area contributed by atoms with Gasteiger partial charge in [-0.25, -0.2) is 5.01 Å². The first-order valence-corrected chi connectivity index (χ1v) is 10.0. The minimum atomic E-state index is -0.289. The Labute approximate surface area is 172 Å². The molecule has 2 atom stereocenters. The molecule has 5 heteroatoms. The van der Waals surface area contributed by atoms with Crippen LogP contribution in [0.5, 0.6) is 11.5 Å². The zero-order valence-corrected chi connectivity index (χ0v) is 17.0. The molecule has 3 aromatic carbocycles. The molecule has 2 aliphatic rings. The number of methoxy groups -OCH3 is 1. The number of fused-ring (bicyclic) bond motifs is 3. The van der Waals surface area contributed by atoms with Crippen molar-refractivity contribution < 1.29 is 9.47 Å². The van der Waals surface area contributed by atoms with E-state index in [2.05, 4.69) is 57.3 Å². The van der Waals surface area contributed by atoms with Crippen molar-refractivity contribution in [3.05, 3.63) is 94.0 Å². The van der Waals surface area contributed by atoms with Gasteiger partial charge in [0.15, 0.2) is 0 Å². The Hall–Kier alpha value is -2.79. The number of benzene rings is 3. The molecule has 0 amide bonds. The van der Waals surface area contributed by atoms with E-state index in [-0.39, 0.29) is 12.3 Å². The highest BCUT2D eigenvalue weighted by molar-refractivity contribution is 9.10. The second-order valence-electron chi connectivity index (χ2n) is 6.91. The fraction of sp³-hybridized carbons (Fsp3) is 0.174. The molecule has 2 heterocycles. The average Bonchev–Trinajstić information content (AvgIpc) is 3.19. The molecule has 2 aliphatic heterocycles. The van der Waals surface area contributed by atoms with E-state index in [4.69, 9.17) is 14.6 Å². The maximum Gasteiger partial charge on any atom is 0.213 e. The zero-order valence-electron chi connectivity index (χ0n) is 15.4. The van der Waals surface area contributed by atoms with Gasteiger partial charge in [0.05, 0.1) is 23.3 Å². The SMILES string of the molecule is COc1ccc([C@@H]2Oc3ccccc3[C@@H]3CC(c4ccccc4)=NN32)cc1Br. The normalized spacial score (nSPS) is 20.1. The second-order valence-corrected chi connectivity index (χ2v) is 7.77. The highest BCUT2D eigenvalue weighted by Gasteiger charge is 2.40. The first-order valence-electron chi connectivity index (χ1n) is 9.25. The summed E-state index contributed by atoms with van der Waals surface area (Å²) in [5.74, 6) is 1.72. The van der Waals surface area contributed by atoms with Crippen molar-refractivity contribution in [2.45, 2.75) is 18.7 Å². The lowest BCUT2D eigenvalue weighted by Gasteiger charge is -2.38. The summed E-state index contributed by atoms with van der Waals surface area (Å²) in [7, 11) is 1.67. The number of para-hydroxylation sites is 1. The summed E-state index contributed by atoms with van der Waals surface area (Å²) in [5.41, 5.74) is 4.46. The third-order valence-corrected chi connectivity index (χ3v) is 5.89. The predicted molar refractivity (Wildman–Crippen MR) is 113 cm³/mol. The molecule has 0 fully saturated rings. The molecule has 28 heavy (non-hydrogen) atoms. The van der Waals surface area contributed by atoms with E-state index in [0.717, 1.165) is 39.2 Å². The van der Waals surface area contributed by atoms with Gasteiger partial charge in [-0.15, -0.1) is 0 Å². The third kappa shape index (κ3) is 2.87. The maximum atomic E-state index is 6.40. The predicted octanol–water partition coefficient (Wildman–Crippen LogP) is 5.70. The third-order valence-electron chi connectivity index (χ3n) is 5.27. The smallest absolute Gasteiger partial charge is 0.213 e. The van der Waals surface area contributed by atoms with Crippen LogP contribution >= 0.6 is 15.9 Å². The van der Waals surface area contributed by atoms with Gasteiger partial charge in [-0.05, 0) is 45.8 Å². The minimum absolute atomic E-state index is 0.158. The van der Waals surface area contributed by atoms with Crippen LogP contribution in [0.15, 0.2) is 82.4 Å². The Kier molecular flexibility index (Phi) is 4.32. The summed E-state index contributed by atoms with van der Waals surface area (Å²) < 4.78 is 12.7. The zero-order chi connectivity index (χ0) is 19.1. The van der Waals surface area contributed by atoms with Crippen LogP contribution in [0.2, 0.25) is 0 Å². The minimum Gasteiger partial charge on any atom is -0.496 e. The quantitative estimate of drug-likeness (QED) is 0.529. The van der Waals surface area contributed by atoms with Gasteiger partial charge in [0.25, 0.3) is 0 Å². The summed E-state index contributed by atoms with van der Waals surface area (Å²) in [6.07, 6.45) is 0.571. The number of hydrazone groups is 1. The number of nitrogens with zero attached hydrogens (tertiary/aromatic N) is 2. The van der Waals surface area contributed by atoms with Crippen LogP contribution in [0.1, 0.15) is 35.4 Å². The van der Waals surface area contributed by atoms with E-state index >= 15 is 0 Å². The standard InChI is InChI=1S/C23H19BrN2O2/c1-27-22-12-11-16(13-18(22)24)23-26-20(17-9-5-6-10-21(17)28-23)14-19(25-26)15-7-3-2-4-8-15/h2-13,20,23H,14H2,1H3/t20-,23-/m0/s1. The van der Waals surface area contributed by atoms with Gasteiger partial charge in [-0.2, -0.15) is 5.10 Å². The van der Waals surface area contributed by atoms with Crippen molar-refractivity contribution in [3.63, 3.8) is 0 Å². The van der Waals surface area contributed by atoms with Crippen molar-refractivity contribution in [3.8, 4) is 11.5 Å². The maximum absolute atomic E-state index is 6.40. The molecule has 0 unspecified atom stereocenters. The highest BCUT2D eigenvalue weighted by Crippen LogP contribution is 2.47. The topological polar surface area (TPSA) is 34.1 Å². The lowest BCUT2D eigenvalue weighted by atomic mass is 9.96. The van der Waals surface area contributed by atoms with Crippen LogP contribution in [0.25, 0.3) is 0 Å². The highest BCUT2D eigenvalue weighted by atomic mass is 79.9. The molecular formula is C23H19BrN2O2. The molecular weight excluding hydrogens is 416 g/mol. The van der Waals surface area contributed by atoms with Gasteiger partial charge in [0.2, 0.25) is 6.23 Å². The Bertz CT molecular complexity index is 1050. The van der Waals surface area contributed by atoms with Crippen molar-refractivity contribution >= 4 is 21.6 Å². The van der Waals surface area contributed by atoms with Crippen LogP contribution in [-0.4, -0.2) is 17.8 Å². The Balaban J connectivity index is 1.59. The molecule has 3 aromatic rings. The summed E-state index contributed by atoms with van der Waals surface area (Å²) in [4.78, 5) is 0. The molecule has 5 rings (SSSR count). The summed E-state index contributed by atoms with van der Waals surface area (Å²) in [6.45, 7) is 0. The number of hydrogen-bond donors (Lipinski definition) is 0. The van der Waals surface area contributed by atoms with E-state index < -0.39 is 0 Å². The van der Waals surface area contributed by atoms with E-state index in [1.165, 1.54) is 5.56 Å². The van der Waals surface area contributed by atoms with Crippen LogP contribution < -0.4 is 9.47 Å². The van der Waals surface area contributed by atoms with Crippen molar-refractivity contribution in [1.82, 2.24) is 5.01 Å².